The second-order valence-corrected chi connectivity index (χ2v) is 3.30. The van der Waals surface area contributed by atoms with Crippen molar-refractivity contribution in [3.8, 4) is 0 Å². The number of likely N-dealkylation sites (tertiary alicyclic amines) is 1. The topological polar surface area (TPSA) is 29.3 Å². The molecule has 2 atom stereocenters. The zero-order chi connectivity index (χ0) is 7.56. The van der Waals surface area contributed by atoms with Gasteiger partial charge in [-0.3, -0.25) is 0 Å². The molecule has 2 heteroatoms. The molecule has 0 unspecified atom stereocenters. The van der Waals surface area contributed by atoms with E-state index in [-0.39, 0.29) is 0 Å². The lowest BCUT2D eigenvalue weighted by molar-refractivity contribution is 0.332. The maximum absolute atomic E-state index is 5.79. The SMILES string of the molecule is CCN1CC[C@@H]([C@@H](C)N)C1. The Kier molecular flexibility index (Phi) is 2.69. The molecule has 1 fully saturated rings. The van der Waals surface area contributed by atoms with Crippen LogP contribution in [0.15, 0.2) is 0 Å². The van der Waals surface area contributed by atoms with Crippen LogP contribution < -0.4 is 5.73 Å². The summed E-state index contributed by atoms with van der Waals surface area (Å²) in [7, 11) is 0. The molecular weight excluding hydrogens is 124 g/mol. The van der Waals surface area contributed by atoms with E-state index in [2.05, 4.69) is 18.7 Å². The molecule has 1 aliphatic rings. The Bertz CT molecular complexity index is 101. The van der Waals surface area contributed by atoms with Crippen LogP contribution in [0, 0.1) is 5.92 Å². The fourth-order valence-corrected chi connectivity index (χ4v) is 1.58. The molecule has 60 valence electrons. The molecule has 0 aromatic heterocycles. The molecule has 0 spiro atoms. The fourth-order valence-electron chi connectivity index (χ4n) is 1.58. The van der Waals surface area contributed by atoms with E-state index in [4.69, 9.17) is 5.73 Å². The van der Waals surface area contributed by atoms with Crippen LogP contribution in [-0.2, 0) is 0 Å². The Morgan fingerprint density at radius 3 is 2.70 bits per heavy atom. The summed E-state index contributed by atoms with van der Waals surface area (Å²) < 4.78 is 0. The lowest BCUT2D eigenvalue weighted by Crippen LogP contribution is -2.29. The minimum atomic E-state index is 0.386. The van der Waals surface area contributed by atoms with Crippen LogP contribution in [0.4, 0.5) is 0 Å². The molecule has 10 heavy (non-hydrogen) atoms. The van der Waals surface area contributed by atoms with E-state index in [0.717, 1.165) is 5.92 Å². The summed E-state index contributed by atoms with van der Waals surface area (Å²) in [6, 6.07) is 0.386. The summed E-state index contributed by atoms with van der Waals surface area (Å²) in [5.41, 5.74) is 5.79. The van der Waals surface area contributed by atoms with Gasteiger partial charge in [0.1, 0.15) is 0 Å². The van der Waals surface area contributed by atoms with Crippen molar-refractivity contribution in [2.75, 3.05) is 19.6 Å². The molecule has 1 saturated heterocycles. The summed E-state index contributed by atoms with van der Waals surface area (Å²) in [6.45, 7) is 7.98. The molecule has 0 aromatic carbocycles. The first-order valence-corrected chi connectivity index (χ1v) is 4.22. The van der Waals surface area contributed by atoms with E-state index in [1.165, 1.54) is 26.1 Å². The van der Waals surface area contributed by atoms with Crippen LogP contribution in [0.2, 0.25) is 0 Å². The zero-order valence-electron chi connectivity index (χ0n) is 7.01. The van der Waals surface area contributed by atoms with Crippen LogP contribution in [0.25, 0.3) is 0 Å². The van der Waals surface area contributed by atoms with Crippen LogP contribution >= 0.6 is 0 Å². The van der Waals surface area contributed by atoms with Gasteiger partial charge in [-0.1, -0.05) is 6.92 Å². The third kappa shape index (κ3) is 1.70. The molecule has 1 heterocycles. The minimum Gasteiger partial charge on any atom is -0.328 e. The van der Waals surface area contributed by atoms with Gasteiger partial charge in [-0.25, -0.2) is 0 Å². The molecule has 1 aliphatic heterocycles. The Labute approximate surface area is 63.4 Å². The molecule has 0 aromatic rings. The Balaban J connectivity index is 2.28. The third-order valence-electron chi connectivity index (χ3n) is 2.50. The molecular formula is C8H18N2. The second-order valence-electron chi connectivity index (χ2n) is 3.30. The van der Waals surface area contributed by atoms with Crippen molar-refractivity contribution in [2.24, 2.45) is 11.7 Å². The van der Waals surface area contributed by atoms with Crippen LogP contribution in [0.5, 0.6) is 0 Å². The molecule has 0 radical (unpaired) electrons. The molecule has 2 N–H and O–H groups in total. The van der Waals surface area contributed by atoms with E-state index in [1.807, 2.05) is 0 Å². The third-order valence-corrected chi connectivity index (χ3v) is 2.50. The summed E-state index contributed by atoms with van der Waals surface area (Å²) in [5, 5.41) is 0. The smallest absolute Gasteiger partial charge is 0.00514 e. The fraction of sp³-hybridized carbons (Fsp3) is 1.00. The quantitative estimate of drug-likeness (QED) is 0.614. The molecule has 2 nitrogen and oxygen atoms in total. The molecule has 1 rings (SSSR count). The molecule has 0 amide bonds. The average Bonchev–Trinajstić information content (AvgIpc) is 2.34. The first kappa shape index (κ1) is 8.02. The van der Waals surface area contributed by atoms with E-state index < -0.39 is 0 Å². The van der Waals surface area contributed by atoms with Gasteiger partial charge in [0, 0.05) is 12.6 Å². The van der Waals surface area contributed by atoms with Crippen LogP contribution in [0.1, 0.15) is 20.3 Å². The number of nitrogens with two attached hydrogens (primary N) is 1. The average molecular weight is 142 g/mol. The van der Waals surface area contributed by atoms with Gasteiger partial charge in [0.15, 0.2) is 0 Å². The highest BCUT2D eigenvalue weighted by molar-refractivity contribution is 4.79. The Morgan fingerprint density at radius 1 is 1.70 bits per heavy atom. The van der Waals surface area contributed by atoms with E-state index in [0.29, 0.717) is 6.04 Å². The highest BCUT2D eigenvalue weighted by atomic mass is 15.1. The van der Waals surface area contributed by atoms with E-state index in [9.17, 15) is 0 Å². The van der Waals surface area contributed by atoms with Crippen molar-refractivity contribution in [1.82, 2.24) is 4.90 Å². The zero-order valence-corrected chi connectivity index (χ0v) is 7.01. The highest BCUT2D eigenvalue weighted by Crippen LogP contribution is 2.17. The normalized spacial score (nSPS) is 30.9. The summed E-state index contributed by atoms with van der Waals surface area (Å²) >= 11 is 0. The molecule has 0 saturated carbocycles. The first-order chi connectivity index (χ1) is 4.74. The van der Waals surface area contributed by atoms with Crippen molar-refractivity contribution < 1.29 is 0 Å². The van der Waals surface area contributed by atoms with Gasteiger partial charge in [0.25, 0.3) is 0 Å². The van der Waals surface area contributed by atoms with Gasteiger partial charge in [0.2, 0.25) is 0 Å². The summed E-state index contributed by atoms with van der Waals surface area (Å²) in [6.07, 6.45) is 1.30. The van der Waals surface area contributed by atoms with Crippen molar-refractivity contribution in [2.45, 2.75) is 26.3 Å². The number of hydrogen-bond donors (Lipinski definition) is 1. The predicted molar refractivity (Wildman–Crippen MR) is 43.9 cm³/mol. The van der Waals surface area contributed by atoms with Crippen molar-refractivity contribution in [3.05, 3.63) is 0 Å². The number of rotatable bonds is 2. The highest BCUT2D eigenvalue weighted by Gasteiger charge is 2.23. The summed E-state index contributed by atoms with van der Waals surface area (Å²) in [5.74, 6) is 0.750. The van der Waals surface area contributed by atoms with Gasteiger partial charge >= 0.3 is 0 Å². The lowest BCUT2D eigenvalue weighted by atomic mass is 10.0. The number of nitrogens with zero attached hydrogens (tertiary/aromatic N) is 1. The minimum absolute atomic E-state index is 0.386. The van der Waals surface area contributed by atoms with Gasteiger partial charge < -0.3 is 10.6 Å². The first-order valence-electron chi connectivity index (χ1n) is 4.22. The van der Waals surface area contributed by atoms with Crippen molar-refractivity contribution >= 4 is 0 Å². The van der Waals surface area contributed by atoms with E-state index >= 15 is 0 Å². The molecule has 0 aliphatic carbocycles. The second kappa shape index (κ2) is 3.35. The van der Waals surface area contributed by atoms with Crippen LogP contribution in [0.3, 0.4) is 0 Å². The Hall–Kier alpha value is -0.0800. The van der Waals surface area contributed by atoms with Gasteiger partial charge in [-0.05, 0) is 32.4 Å². The lowest BCUT2D eigenvalue weighted by Gasteiger charge is -2.15. The van der Waals surface area contributed by atoms with Gasteiger partial charge in [-0.2, -0.15) is 0 Å². The van der Waals surface area contributed by atoms with Crippen molar-refractivity contribution in [1.29, 1.82) is 0 Å². The van der Waals surface area contributed by atoms with Crippen LogP contribution in [-0.4, -0.2) is 30.6 Å². The van der Waals surface area contributed by atoms with Gasteiger partial charge in [0.05, 0.1) is 0 Å². The van der Waals surface area contributed by atoms with Gasteiger partial charge in [-0.15, -0.1) is 0 Å². The maximum atomic E-state index is 5.79. The molecule has 0 bridgehead atoms. The van der Waals surface area contributed by atoms with E-state index in [1.54, 1.807) is 0 Å². The van der Waals surface area contributed by atoms with Crippen molar-refractivity contribution in [3.63, 3.8) is 0 Å². The standard InChI is InChI=1S/C8H18N2/c1-3-10-5-4-8(6-10)7(2)9/h7-8H,3-6,9H2,1-2H3/t7-,8-/m1/s1. The monoisotopic (exact) mass is 142 g/mol. The Morgan fingerprint density at radius 2 is 2.40 bits per heavy atom. The summed E-state index contributed by atoms with van der Waals surface area (Å²) in [4.78, 5) is 2.47. The maximum Gasteiger partial charge on any atom is 0.00514 e. The number of hydrogen-bond acceptors (Lipinski definition) is 2. The largest absolute Gasteiger partial charge is 0.328 e. The predicted octanol–water partition coefficient (Wildman–Crippen LogP) is 0.675.